The van der Waals surface area contributed by atoms with Crippen LogP contribution in [0.4, 0.5) is 5.69 Å². The molecule has 0 saturated carbocycles. The topological polar surface area (TPSA) is 80.7 Å². The third-order valence-corrected chi connectivity index (χ3v) is 2.93. The number of rotatable bonds is 5. The molecule has 0 aromatic heterocycles. The summed E-state index contributed by atoms with van der Waals surface area (Å²) in [4.78, 5) is 12.4. The summed E-state index contributed by atoms with van der Waals surface area (Å²) in [5.41, 5.74) is 0.332. The Labute approximate surface area is 106 Å². The quantitative estimate of drug-likeness (QED) is 0.828. The van der Waals surface area contributed by atoms with E-state index in [0.717, 1.165) is 0 Å². The van der Waals surface area contributed by atoms with Gasteiger partial charge in [0.25, 0.3) is 0 Å². The van der Waals surface area contributed by atoms with Crippen LogP contribution in [0.1, 0.15) is 17.3 Å². The molecule has 0 aliphatic heterocycles. The van der Waals surface area contributed by atoms with Crippen molar-refractivity contribution in [3.63, 3.8) is 0 Å². The number of carboxylic acid groups (broad SMARTS) is 1. The van der Waals surface area contributed by atoms with E-state index in [1.165, 1.54) is 23.1 Å². The predicted molar refractivity (Wildman–Crippen MR) is 65.2 cm³/mol. The summed E-state index contributed by atoms with van der Waals surface area (Å²) in [7, 11) is 0. The first kappa shape index (κ1) is 14.0. The molecule has 0 aliphatic rings. The van der Waals surface area contributed by atoms with Crippen LogP contribution in [0.2, 0.25) is 5.02 Å². The van der Waals surface area contributed by atoms with Gasteiger partial charge >= 0.3 is 5.97 Å². The summed E-state index contributed by atoms with van der Waals surface area (Å²) in [5.74, 6) is -1.39. The SMILES string of the molecule is CCN(CS(=O)[O-])c1cc(Cl)ccc1C(=O)O. The lowest BCUT2D eigenvalue weighted by Gasteiger charge is -2.25. The van der Waals surface area contributed by atoms with Crippen LogP contribution in [0, 0.1) is 0 Å². The fourth-order valence-corrected chi connectivity index (χ4v) is 2.15. The number of anilines is 1. The van der Waals surface area contributed by atoms with Crippen molar-refractivity contribution < 1.29 is 18.7 Å². The van der Waals surface area contributed by atoms with Crippen molar-refractivity contribution in [2.45, 2.75) is 6.92 Å². The molecule has 0 radical (unpaired) electrons. The number of hydrogen-bond acceptors (Lipinski definition) is 4. The number of aromatic carboxylic acids is 1. The highest BCUT2D eigenvalue weighted by molar-refractivity contribution is 7.79. The van der Waals surface area contributed by atoms with E-state index in [4.69, 9.17) is 16.7 Å². The minimum atomic E-state index is -2.28. The number of benzene rings is 1. The zero-order valence-electron chi connectivity index (χ0n) is 9.05. The fraction of sp³-hybridized carbons (Fsp3) is 0.300. The minimum absolute atomic E-state index is 0.0294. The zero-order chi connectivity index (χ0) is 13.0. The molecule has 1 atom stereocenters. The third kappa shape index (κ3) is 3.69. The van der Waals surface area contributed by atoms with Gasteiger partial charge < -0.3 is 14.6 Å². The smallest absolute Gasteiger partial charge is 0.337 e. The van der Waals surface area contributed by atoms with Crippen LogP contribution in [0.3, 0.4) is 0 Å². The summed E-state index contributed by atoms with van der Waals surface area (Å²) in [5, 5.41) is 9.37. The molecule has 0 spiro atoms. The maximum atomic E-state index is 11.0. The van der Waals surface area contributed by atoms with E-state index in [9.17, 15) is 13.6 Å². The van der Waals surface area contributed by atoms with Crippen molar-refractivity contribution in [3.8, 4) is 0 Å². The second kappa shape index (κ2) is 6.00. The Morgan fingerprint density at radius 1 is 1.59 bits per heavy atom. The molecular formula is C10H11ClNO4S-. The standard InChI is InChI=1S/C10H12ClNO4S/c1-2-12(6-17(15)16)9-5-7(11)3-4-8(9)10(13)14/h3-5H,2,6H2,1H3,(H,13,14)(H,15,16)/p-1. The molecule has 17 heavy (non-hydrogen) atoms. The summed E-state index contributed by atoms with van der Waals surface area (Å²) in [6.07, 6.45) is 0. The molecule has 7 heteroatoms. The van der Waals surface area contributed by atoms with E-state index in [2.05, 4.69) is 0 Å². The Morgan fingerprint density at radius 3 is 2.71 bits per heavy atom. The van der Waals surface area contributed by atoms with Gasteiger partial charge in [0.1, 0.15) is 0 Å². The molecule has 1 N–H and O–H groups in total. The van der Waals surface area contributed by atoms with Crippen molar-refractivity contribution in [2.24, 2.45) is 0 Å². The largest absolute Gasteiger partial charge is 0.771 e. The highest BCUT2D eigenvalue weighted by Crippen LogP contribution is 2.25. The normalized spacial score (nSPS) is 12.2. The molecule has 1 rings (SSSR count). The lowest BCUT2D eigenvalue weighted by atomic mass is 10.1. The highest BCUT2D eigenvalue weighted by atomic mass is 35.5. The average Bonchev–Trinajstić information content (AvgIpc) is 2.25. The van der Waals surface area contributed by atoms with Crippen LogP contribution in [-0.4, -0.2) is 32.3 Å². The van der Waals surface area contributed by atoms with Gasteiger partial charge in [0, 0.05) is 11.6 Å². The van der Waals surface area contributed by atoms with E-state index in [1.807, 2.05) is 0 Å². The minimum Gasteiger partial charge on any atom is -0.771 e. The molecule has 0 heterocycles. The third-order valence-electron chi connectivity index (χ3n) is 2.17. The molecule has 1 aromatic carbocycles. The van der Waals surface area contributed by atoms with Gasteiger partial charge in [-0.05, 0) is 36.2 Å². The summed E-state index contributed by atoms with van der Waals surface area (Å²) < 4.78 is 21.4. The first-order valence-electron chi connectivity index (χ1n) is 4.79. The Bertz CT molecular complexity index is 452. The number of carboxylic acids is 1. The number of hydrogen-bond donors (Lipinski definition) is 1. The predicted octanol–water partition coefficient (Wildman–Crippen LogP) is 1.70. The number of halogens is 1. The lowest BCUT2D eigenvalue weighted by Crippen LogP contribution is -2.28. The van der Waals surface area contributed by atoms with Gasteiger partial charge in [-0.2, -0.15) is 0 Å². The van der Waals surface area contributed by atoms with Crippen molar-refractivity contribution in [2.75, 3.05) is 17.3 Å². The van der Waals surface area contributed by atoms with E-state index < -0.39 is 17.0 Å². The van der Waals surface area contributed by atoms with Crippen molar-refractivity contribution in [3.05, 3.63) is 28.8 Å². The van der Waals surface area contributed by atoms with Crippen LogP contribution in [0.15, 0.2) is 18.2 Å². The van der Waals surface area contributed by atoms with Crippen LogP contribution in [-0.2, 0) is 11.1 Å². The van der Waals surface area contributed by atoms with Gasteiger partial charge in [-0.15, -0.1) is 0 Å². The first-order chi connectivity index (χ1) is 7.95. The molecule has 0 saturated heterocycles. The Kier molecular flexibility index (Phi) is 4.92. The van der Waals surface area contributed by atoms with E-state index in [1.54, 1.807) is 6.92 Å². The van der Waals surface area contributed by atoms with Crippen LogP contribution in [0.5, 0.6) is 0 Å². The molecule has 0 amide bonds. The second-order valence-electron chi connectivity index (χ2n) is 3.26. The molecule has 1 unspecified atom stereocenters. The fourth-order valence-electron chi connectivity index (χ4n) is 1.41. The second-order valence-corrected chi connectivity index (χ2v) is 4.56. The first-order valence-corrected chi connectivity index (χ1v) is 6.41. The lowest BCUT2D eigenvalue weighted by molar-refractivity contribution is 0.0697. The van der Waals surface area contributed by atoms with Gasteiger partial charge in [-0.3, -0.25) is 4.21 Å². The summed E-state index contributed by atoms with van der Waals surface area (Å²) >= 11 is 3.50. The molecule has 0 bridgehead atoms. The van der Waals surface area contributed by atoms with Crippen LogP contribution in [0.25, 0.3) is 0 Å². The van der Waals surface area contributed by atoms with Gasteiger partial charge in [0.05, 0.1) is 17.1 Å². The summed E-state index contributed by atoms with van der Waals surface area (Å²) in [6.45, 7) is 2.11. The maximum Gasteiger partial charge on any atom is 0.337 e. The van der Waals surface area contributed by atoms with Crippen LogP contribution >= 0.6 is 11.6 Å². The summed E-state index contributed by atoms with van der Waals surface area (Å²) in [6, 6.07) is 4.26. The van der Waals surface area contributed by atoms with Crippen molar-refractivity contribution >= 4 is 34.3 Å². The Morgan fingerprint density at radius 2 is 2.24 bits per heavy atom. The molecule has 94 valence electrons. The highest BCUT2D eigenvalue weighted by Gasteiger charge is 2.15. The van der Waals surface area contributed by atoms with Crippen molar-refractivity contribution in [1.29, 1.82) is 0 Å². The van der Waals surface area contributed by atoms with Crippen molar-refractivity contribution in [1.82, 2.24) is 0 Å². The van der Waals surface area contributed by atoms with E-state index >= 15 is 0 Å². The number of nitrogens with zero attached hydrogens (tertiary/aromatic N) is 1. The molecular weight excluding hydrogens is 266 g/mol. The maximum absolute atomic E-state index is 11.0. The monoisotopic (exact) mass is 276 g/mol. The van der Waals surface area contributed by atoms with Gasteiger partial charge in [0.15, 0.2) is 0 Å². The van der Waals surface area contributed by atoms with E-state index in [-0.39, 0.29) is 11.4 Å². The van der Waals surface area contributed by atoms with E-state index in [0.29, 0.717) is 17.3 Å². The van der Waals surface area contributed by atoms with Crippen LogP contribution < -0.4 is 4.90 Å². The Balaban J connectivity index is 3.20. The molecule has 0 fully saturated rings. The van der Waals surface area contributed by atoms with Gasteiger partial charge in [-0.25, -0.2) is 4.79 Å². The zero-order valence-corrected chi connectivity index (χ0v) is 10.6. The average molecular weight is 277 g/mol. The molecule has 5 nitrogen and oxygen atoms in total. The Hall–Kier alpha value is -1.11. The van der Waals surface area contributed by atoms with Gasteiger partial charge in [0.2, 0.25) is 0 Å². The van der Waals surface area contributed by atoms with Gasteiger partial charge in [-0.1, -0.05) is 11.6 Å². The molecule has 0 aliphatic carbocycles. The number of carbonyl (C=O) groups is 1. The molecule has 1 aromatic rings.